The van der Waals surface area contributed by atoms with Crippen LogP contribution in [0, 0.1) is 0 Å². The molecule has 1 aliphatic heterocycles. The Bertz CT molecular complexity index is 251. The first-order valence-corrected chi connectivity index (χ1v) is 4.72. The fourth-order valence-electron chi connectivity index (χ4n) is 1.19. The molecule has 0 bridgehead atoms. The fraction of sp³-hybridized carbons (Fsp3) is 0.778. The third kappa shape index (κ3) is 2.98. The van der Waals surface area contributed by atoms with Crippen molar-refractivity contribution in [1.29, 1.82) is 0 Å². The molecule has 0 aromatic rings. The normalized spacial score (nSPS) is 31.4. The van der Waals surface area contributed by atoms with Gasteiger partial charge >= 0.3 is 5.97 Å². The molecule has 1 heterocycles. The molecule has 6 nitrogen and oxygen atoms in total. The van der Waals surface area contributed by atoms with Crippen molar-refractivity contribution in [2.75, 3.05) is 13.2 Å². The van der Waals surface area contributed by atoms with Crippen LogP contribution in [-0.2, 0) is 19.1 Å². The Labute approximate surface area is 86.8 Å². The molecular formula is C9H14O6. The predicted molar refractivity (Wildman–Crippen MR) is 48.0 cm³/mol. The number of ether oxygens (including phenoxy) is 2. The molecule has 3 atom stereocenters. The van der Waals surface area contributed by atoms with E-state index in [1.54, 1.807) is 6.92 Å². The van der Waals surface area contributed by atoms with Gasteiger partial charge in [-0.2, -0.15) is 0 Å². The molecule has 0 spiro atoms. The maximum absolute atomic E-state index is 10.9. The van der Waals surface area contributed by atoms with E-state index in [0.717, 1.165) is 0 Å². The highest BCUT2D eigenvalue weighted by Crippen LogP contribution is 2.12. The number of aliphatic hydroxyl groups is 2. The third-order valence-electron chi connectivity index (χ3n) is 2.17. The van der Waals surface area contributed by atoms with Crippen molar-refractivity contribution in [2.45, 2.75) is 31.7 Å². The van der Waals surface area contributed by atoms with Gasteiger partial charge in [-0.1, -0.05) is 6.92 Å². The Morgan fingerprint density at radius 1 is 1.60 bits per heavy atom. The number of esters is 1. The summed E-state index contributed by atoms with van der Waals surface area (Å²) >= 11 is 0. The van der Waals surface area contributed by atoms with Crippen LogP contribution >= 0.6 is 0 Å². The van der Waals surface area contributed by atoms with E-state index in [1.807, 2.05) is 0 Å². The Balaban J connectivity index is 2.42. The van der Waals surface area contributed by atoms with E-state index < -0.39 is 30.1 Å². The lowest BCUT2D eigenvalue weighted by Crippen LogP contribution is -2.52. The molecule has 86 valence electrons. The zero-order chi connectivity index (χ0) is 11.4. The quantitative estimate of drug-likeness (QED) is 0.568. The fourth-order valence-corrected chi connectivity index (χ4v) is 1.19. The summed E-state index contributed by atoms with van der Waals surface area (Å²) in [4.78, 5) is 21.7. The summed E-state index contributed by atoms with van der Waals surface area (Å²) < 4.78 is 9.67. The van der Waals surface area contributed by atoms with Gasteiger partial charge in [-0.3, -0.25) is 9.59 Å². The number of ketones is 1. The molecule has 1 fully saturated rings. The highest BCUT2D eigenvalue weighted by atomic mass is 16.6. The standard InChI is InChI=1S/C9H14O6/c1-2-7(11)15-4-6-9(13)8(12)5(10)3-14-6/h6,8-9,12-13H,2-4H2,1H3/t6?,8-,9+/m0/s1. The van der Waals surface area contributed by atoms with Crippen LogP contribution in [0.25, 0.3) is 0 Å². The van der Waals surface area contributed by atoms with Crippen molar-refractivity contribution in [3.63, 3.8) is 0 Å². The second-order valence-corrected chi connectivity index (χ2v) is 3.29. The van der Waals surface area contributed by atoms with E-state index >= 15 is 0 Å². The first-order valence-electron chi connectivity index (χ1n) is 4.72. The molecule has 0 aromatic heterocycles. The first-order chi connectivity index (χ1) is 7.06. The number of carbonyl (C=O) groups is 2. The lowest BCUT2D eigenvalue weighted by molar-refractivity contribution is -0.177. The lowest BCUT2D eigenvalue weighted by Gasteiger charge is -2.30. The summed E-state index contributed by atoms with van der Waals surface area (Å²) in [6, 6.07) is 0. The van der Waals surface area contributed by atoms with Gasteiger partial charge in [0.15, 0.2) is 5.78 Å². The van der Waals surface area contributed by atoms with Crippen LogP contribution < -0.4 is 0 Å². The minimum atomic E-state index is -1.45. The smallest absolute Gasteiger partial charge is 0.305 e. The van der Waals surface area contributed by atoms with Crippen molar-refractivity contribution in [1.82, 2.24) is 0 Å². The summed E-state index contributed by atoms with van der Waals surface area (Å²) in [6.45, 7) is 1.21. The zero-order valence-corrected chi connectivity index (χ0v) is 8.38. The topological polar surface area (TPSA) is 93.1 Å². The van der Waals surface area contributed by atoms with Gasteiger partial charge in [0.1, 0.15) is 31.5 Å². The van der Waals surface area contributed by atoms with Gasteiger partial charge in [-0.25, -0.2) is 0 Å². The van der Waals surface area contributed by atoms with E-state index in [4.69, 9.17) is 9.47 Å². The summed E-state index contributed by atoms with van der Waals surface area (Å²) in [5, 5.41) is 18.6. The molecule has 1 aliphatic rings. The van der Waals surface area contributed by atoms with E-state index in [1.165, 1.54) is 0 Å². The monoisotopic (exact) mass is 218 g/mol. The molecule has 1 rings (SSSR count). The van der Waals surface area contributed by atoms with Crippen LogP contribution in [0.3, 0.4) is 0 Å². The second kappa shape index (κ2) is 5.20. The molecule has 0 radical (unpaired) electrons. The lowest BCUT2D eigenvalue weighted by atomic mass is 10.0. The molecule has 1 saturated heterocycles. The van der Waals surface area contributed by atoms with Gasteiger partial charge in [-0.05, 0) is 0 Å². The van der Waals surface area contributed by atoms with Gasteiger partial charge in [-0.15, -0.1) is 0 Å². The van der Waals surface area contributed by atoms with E-state index in [2.05, 4.69) is 0 Å². The largest absolute Gasteiger partial charge is 0.463 e. The van der Waals surface area contributed by atoms with Crippen molar-refractivity contribution < 1.29 is 29.3 Å². The van der Waals surface area contributed by atoms with Crippen LogP contribution in [0.5, 0.6) is 0 Å². The number of hydrogen-bond donors (Lipinski definition) is 2. The van der Waals surface area contributed by atoms with Gasteiger partial charge in [0.25, 0.3) is 0 Å². The molecule has 6 heteroatoms. The number of hydrogen-bond acceptors (Lipinski definition) is 6. The minimum Gasteiger partial charge on any atom is -0.463 e. The van der Waals surface area contributed by atoms with Gasteiger partial charge in [0.05, 0.1) is 0 Å². The number of rotatable bonds is 3. The first kappa shape index (κ1) is 12.1. The van der Waals surface area contributed by atoms with Crippen LogP contribution in [0.15, 0.2) is 0 Å². The Kier molecular flexibility index (Phi) is 4.19. The maximum atomic E-state index is 10.9. The van der Waals surface area contributed by atoms with Crippen LogP contribution in [0.2, 0.25) is 0 Å². The Hall–Kier alpha value is -0.980. The van der Waals surface area contributed by atoms with Gasteiger partial charge in [0.2, 0.25) is 0 Å². The third-order valence-corrected chi connectivity index (χ3v) is 2.17. The van der Waals surface area contributed by atoms with Crippen molar-refractivity contribution in [2.24, 2.45) is 0 Å². The number of aliphatic hydroxyl groups excluding tert-OH is 2. The predicted octanol–water partition coefficient (Wildman–Crippen LogP) is -1.37. The highest BCUT2D eigenvalue weighted by Gasteiger charge is 2.37. The molecule has 0 saturated carbocycles. The maximum Gasteiger partial charge on any atom is 0.305 e. The van der Waals surface area contributed by atoms with E-state index in [-0.39, 0.29) is 19.6 Å². The highest BCUT2D eigenvalue weighted by molar-refractivity contribution is 5.85. The summed E-state index contributed by atoms with van der Waals surface area (Å²) in [5.41, 5.74) is 0. The molecule has 0 aliphatic carbocycles. The molecular weight excluding hydrogens is 204 g/mol. The minimum absolute atomic E-state index is 0.155. The number of Topliss-reactive ketones (excluding diaryl/α,β-unsaturated/α-hetero) is 1. The Morgan fingerprint density at radius 2 is 2.27 bits per heavy atom. The van der Waals surface area contributed by atoms with Crippen molar-refractivity contribution in [3.8, 4) is 0 Å². The molecule has 0 amide bonds. The van der Waals surface area contributed by atoms with Crippen molar-refractivity contribution >= 4 is 11.8 Å². The van der Waals surface area contributed by atoms with Crippen molar-refractivity contribution in [3.05, 3.63) is 0 Å². The average molecular weight is 218 g/mol. The van der Waals surface area contributed by atoms with Crippen LogP contribution in [0.1, 0.15) is 13.3 Å². The van der Waals surface area contributed by atoms with E-state index in [0.29, 0.717) is 0 Å². The molecule has 0 aromatic carbocycles. The Morgan fingerprint density at radius 3 is 2.87 bits per heavy atom. The molecule has 2 N–H and O–H groups in total. The van der Waals surface area contributed by atoms with Crippen LogP contribution in [-0.4, -0.2) is 53.5 Å². The average Bonchev–Trinajstić information content (AvgIpc) is 2.24. The summed E-state index contributed by atoms with van der Waals surface area (Å²) in [5.74, 6) is -0.988. The molecule has 1 unspecified atom stereocenters. The van der Waals surface area contributed by atoms with Crippen LogP contribution in [0.4, 0.5) is 0 Å². The second-order valence-electron chi connectivity index (χ2n) is 3.29. The SMILES string of the molecule is CCC(=O)OCC1OCC(=O)[C@H](O)[C@@H]1O. The zero-order valence-electron chi connectivity index (χ0n) is 8.38. The van der Waals surface area contributed by atoms with Gasteiger partial charge in [0, 0.05) is 6.42 Å². The summed E-state index contributed by atoms with van der Waals surface area (Å²) in [7, 11) is 0. The summed E-state index contributed by atoms with van der Waals surface area (Å²) in [6.07, 6.45) is -3.40. The van der Waals surface area contributed by atoms with Gasteiger partial charge < -0.3 is 19.7 Å². The molecule has 15 heavy (non-hydrogen) atoms. The van der Waals surface area contributed by atoms with E-state index in [9.17, 15) is 19.8 Å². The number of carbonyl (C=O) groups excluding carboxylic acids is 2.